The Morgan fingerprint density at radius 3 is 2.57 bits per heavy atom. The summed E-state index contributed by atoms with van der Waals surface area (Å²) in [4.78, 5) is 10.8. The van der Waals surface area contributed by atoms with Crippen LogP contribution in [0.4, 0.5) is 5.95 Å². The fourth-order valence-corrected chi connectivity index (χ4v) is 2.14. The molecule has 0 aliphatic carbocycles. The van der Waals surface area contributed by atoms with Gasteiger partial charge in [-0.3, -0.25) is 0 Å². The third-order valence-electron chi connectivity index (χ3n) is 3.14. The van der Waals surface area contributed by atoms with Crippen molar-refractivity contribution in [3.05, 3.63) is 47.8 Å². The molecule has 1 aromatic carbocycles. The maximum atomic E-state index is 5.77. The van der Waals surface area contributed by atoms with E-state index in [1.807, 2.05) is 49.5 Å². The topological polar surface area (TPSA) is 64.3 Å². The van der Waals surface area contributed by atoms with Crippen molar-refractivity contribution in [3.8, 4) is 5.75 Å². The zero-order valence-electron chi connectivity index (χ0n) is 12.8. The van der Waals surface area contributed by atoms with Crippen molar-refractivity contribution in [2.24, 2.45) is 5.73 Å². The number of aromatic nitrogens is 2. The predicted octanol–water partition coefficient (Wildman–Crippen LogP) is 2.01. The van der Waals surface area contributed by atoms with Crippen LogP contribution in [0.15, 0.2) is 36.7 Å². The number of nitrogens with two attached hydrogens (primary N) is 1. The van der Waals surface area contributed by atoms with Gasteiger partial charge in [0.1, 0.15) is 5.75 Å². The van der Waals surface area contributed by atoms with Gasteiger partial charge in [-0.25, -0.2) is 9.97 Å². The molecule has 2 N–H and O–H groups in total. The summed E-state index contributed by atoms with van der Waals surface area (Å²) in [6.45, 7) is 2.70. The lowest BCUT2D eigenvalue weighted by Crippen LogP contribution is -2.20. The number of anilines is 1. The van der Waals surface area contributed by atoms with Crippen molar-refractivity contribution in [3.63, 3.8) is 0 Å². The molecule has 0 saturated heterocycles. The lowest BCUT2D eigenvalue weighted by molar-refractivity contribution is 0.414. The molecule has 1 aromatic heterocycles. The minimum Gasteiger partial charge on any atom is -0.497 e. The van der Waals surface area contributed by atoms with Crippen LogP contribution in [0.3, 0.4) is 0 Å². The molecule has 1 unspecified atom stereocenters. The van der Waals surface area contributed by atoms with Crippen LogP contribution in [0, 0.1) is 0 Å². The summed E-state index contributed by atoms with van der Waals surface area (Å²) in [7, 11) is 3.64. The second-order valence-electron chi connectivity index (χ2n) is 5.28. The van der Waals surface area contributed by atoms with E-state index in [0.29, 0.717) is 5.95 Å². The van der Waals surface area contributed by atoms with Crippen LogP contribution >= 0.6 is 0 Å². The van der Waals surface area contributed by atoms with E-state index in [9.17, 15) is 0 Å². The van der Waals surface area contributed by atoms with Gasteiger partial charge in [0.05, 0.1) is 7.11 Å². The zero-order chi connectivity index (χ0) is 15.2. The van der Waals surface area contributed by atoms with Crippen molar-refractivity contribution in [2.75, 3.05) is 19.1 Å². The molecule has 0 spiro atoms. The summed E-state index contributed by atoms with van der Waals surface area (Å²) >= 11 is 0. The van der Waals surface area contributed by atoms with Gasteiger partial charge in [-0.05, 0) is 36.6 Å². The molecule has 2 aromatic rings. The zero-order valence-corrected chi connectivity index (χ0v) is 12.8. The van der Waals surface area contributed by atoms with Crippen LogP contribution < -0.4 is 15.4 Å². The predicted molar refractivity (Wildman–Crippen MR) is 84.5 cm³/mol. The first-order chi connectivity index (χ1) is 10.1. The standard InChI is InChI=1S/C16H22N4O/c1-12(17)7-14-9-18-16(19-10-14)20(2)11-13-5-4-6-15(8-13)21-3/h4-6,8-10,12H,7,11,17H2,1-3H3. The molecule has 1 atom stereocenters. The lowest BCUT2D eigenvalue weighted by atomic mass is 10.1. The van der Waals surface area contributed by atoms with Crippen LogP contribution in [0.25, 0.3) is 0 Å². The van der Waals surface area contributed by atoms with Crippen molar-refractivity contribution < 1.29 is 4.74 Å². The monoisotopic (exact) mass is 286 g/mol. The SMILES string of the molecule is COc1cccc(CN(C)c2ncc(CC(C)N)cn2)c1. The lowest BCUT2D eigenvalue weighted by Gasteiger charge is -2.17. The fourth-order valence-electron chi connectivity index (χ4n) is 2.14. The second-order valence-corrected chi connectivity index (χ2v) is 5.28. The molecule has 0 aliphatic rings. The summed E-state index contributed by atoms with van der Waals surface area (Å²) in [5.41, 5.74) is 7.99. The molecule has 0 fully saturated rings. The Labute approximate surface area is 125 Å². The molecule has 0 saturated carbocycles. The highest BCUT2D eigenvalue weighted by Crippen LogP contribution is 2.16. The molecule has 0 bridgehead atoms. The molecular formula is C16H22N4O. The molecule has 2 rings (SSSR count). The fraction of sp³-hybridized carbons (Fsp3) is 0.375. The molecular weight excluding hydrogens is 264 g/mol. The Bertz CT molecular complexity index is 569. The Morgan fingerprint density at radius 1 is 1.24 bits per heavy atom. The van der Waals surface area contributed by atoms with Gasteiger partial charge in [0, 0.05) is 32.0 Å². The molecule has 0 aliphatic heterocycles. The van der Waals surface area contributed by atoms with Gasteiger partial charge in [-0.1, -0.05) is 12.1 Å². The van der Waals surface area contributed by atoms with Gasteiger partial charge in [0.15, 0.2) is 0 Å². The normalized spacial score (nSPS) is 12.0. The summed E-state index contributed by atoms with van der Waals surface area (Å²) in [6, 6.07) is 8.11. The van der Waals surface area contributed by atoms with Crippen molar-refractivity contribution >= 4 is 5.95 Å². The number of methoxy groups -OCH3 is 1. The molecule has 0 amide bonds. The quantitative estimate of drug-likeness (QED) is 0.880. The highest BCUT2D eigenvalue weighted by Gasteiger charge is 2.07. The van der Waals surface area contributed by atoms with Crippen molar-refractivity contribution in [2.45, 2.75) is 25.9 Å². The third kappa shape index (κ3) is 4.43. The van der Waals surface area contributed by atoms with Crippen LogP contribution in [0.5, 0.6) is 5.75 Å². The highest BCUT2D eigenvalue weighted by atomic mass is 16.5. The van der Waals surface area contributed by atoms with Gasteiger partial charge >= 0.3 is 0 Å². The second kappa shape index (κ2) is 7.04. The van der Waals surface area contributed by atoms with E-state index >= 15 is 0 Å². The Hall–Kier alpha value is -2.14. The number of rotatable bonds is 6. The molecule has 5 nitrogen and oxygen atoms in total. The van der Waals surface area contributed by atoms with Gasteiger partial charge in [-0.2, -0.15) is 0 Å². The first kappa shape index (κ1) is 15.3. The molecule has 0 radical (unpaired) electrons. The van der Waals surface area contributed by atoms with E-state index in [2.05, 4.69) is 16.0 Å². The van der Waals surface area contributed by atoms with E-state index in [-0.39, 0.29) is 6.04 Å². The number of ether oxygens (including phenoxy) is 1. The maximum Gasteiger partial charge on any atom is 0.225 e. The van der Waals surface area contributed by atoms with Crippen LogP contribution in [0.1, 0.15) is 18.1 Å². The first-order valence-corrected chi connectivity index (χ1v) is 6.99. The summed E-state index contributed by atoms with van der Waals surface area (Å²) < 4.78 is 5.23. The van der Waals surface area contributed by atoms with E-state index < -0.39 is 0 Å². The van der Waals surface area contributed by atoms with E-state index in [1.165, 1.54) is 0 Å². The molecule has 21 heavy (non-hydrogen) atoms. The minimum absolute atomic E-state index is 0.119. The summed E-state index contributed by atoms with van der Waals surface area (Å²) in [6.07, 6.45) is 4.47. The van der Waals surface area contributed by atoms with Crippen LogP contribution in [-0.4, -0.2) is 30.2 Å². The average molecular weight is 286 g/mol. The highest BCUT2D eigenvalue weighted by molar-refractivity contribution is 5.34. The van der Waals surface area contributed by atoms with Crippen LogP contribution in [0.2, 0.25) is 0 Å². The van der Waals surface area contributed by atoms with E-state index in [0.717, 1.165) is 29.8 Å². The van der Waals surface area contributed by atoms with Crippen molar-refractivity contribution in [1.82, 2.24) is 9.97 Å². The maximum absolute atomic E-state index is 5.77. The Balaban J connectivity index is 2.03. The number of hydrogen-bond donors (Lipinski definition) is 1. The number of hydrogen-bond acceptors (Lipinski definition) is 5. The van der Waals surface area contributed by atoms with E-state index in [4.69, 9.17) is 10.5 Å². The van der Waals surface area contributed by atoms with Crippen LogP contribution in [-0.2, 0) is 13.0 Å². The molecule has 112 valence electrons. The van der Waals surface area contributed by atoms with Gasteiger partial charge in [0.2, 0.25) is 5.95 Å². The first-order valence-electron chi connectivity index (χ1n) is 6.99. The summed E-state index contributed by atoms with van der Waals surface area (Å²) in [5, 5.41) is 0. The molecule has 1 heterocycles. The minimum atomic E-state index is 0.119. The number of nitrogens with zero attached hydrogens (tertiary/aromatic N) is 3. The largest absolute Gasteiger partial charge is 0.497 e. The third-order valence-corrected chi connectivity index (χ3v) is 3.14. The van der Waals surface area contributed by atoms with Crippen molar-refractivity contribution in [1.29, 1.82) is 0 Å². The molecule has 5 heteroatoms. The Kier molecular flexibility index (Phi) is 5.11. The van der Waals surface area contributed by atoms with Gasteiger partial charge < -0.3 is 15.4 Å². The van der Waals surface area contributed by atoms with Gasteiger partial charge in [0.25, 0.3) is 0 Å². The smallest absolute Gasteiger partial charge is 0.225 e. The Morgan fingerprint density at radius 2 is 1.95 bits per heavy atom. The van der Waals surface area contributed by atoms with E-state index in [1.54, 1.807) is 7.11 Å². The number of benzene rings is 1. The average Bonchev–Trinajstić information content (AvgIpc) is 2.47. The van der Waals surface area contributed by atoms with Gasteiger partial charge in [-0.15, -0.1) is 0 Å². The summed E-state index contributed by atoms with van der Waals surface area (Å²) in [5.74, 6) is 1.56.